The predicted molar refractivity (Wildman–Crippen MR) is 114 cm³/mol. The molecule has 1 aliphatic rings. The summed E-state index contributed by atoms with van der Waals surface area (Å²) in [5, 5.41) is 2.99. The first kappa shape index (κ1) is 21.9. The summed E-state index contributed by atoms with van der Waals surface area (Å²) < 4.78 is 11.5. The first-order valence-corrected chi connectivity index (χ1v) is 9.59. The number of carbonyl (C=O) groups is 1. The number of para-hydroxylation sites is 1. The van der Waals surface area contributed by atoms with Crippen LogP contribution in [0.1, 0.15) is 43.2 Å². The second kappa shape index (κ2) is 10.8. The molecule has 0 bridgehead atoms. The number of amides is 1. The van der Waals surface area contributed by atoms with Gasteiger partial charge in [0.25, 0.3) is 0 Å². The lowest BCUT2D eigenvalue weighted by atomic mass is 10.1. The summed E-state index contributed by atoms with van der Waals surface area (Å²) in [6, 6.07) is 13.4. The molecular weight excluding hydrogens is 376 g/mol. The number of nitrogen functional groups attached to an aromatic ring is 1. The van der Waals surface area contributed by atoms with E-state index in [9.17, 15) is 4.79 Å². The van der Waals surface area contributed by atoms with Gasteiger partial charge in [0.15, 0.2) is 0 Å². The van der Waals surface area contributed by atoms with Crippen LogP contribution in [-0.4, -0.2) is 19.1 Å². The fourth-order valence-electron chi connectivity index (χ4n) is 3.40. The maximum atomic E-state index is 12.3. The minimum atomic E-state index is 0. The van der Waals surface area contributed by atoms with Crippen molar-refractivity contribution in [2.75, 3.05) is 12.8 Å². The molecule has 0 atom stereocenters. The Morgan fingerprint density at radius 3 is 2.61 bits per heavy atom. The van der Waals surface area contributed by atoms with Crippen molar-refractivity contribution in [1.82, 2.24) is 5.32 Å². The zero-order valence-electron chi connectivity index (χ0n) is 16.3. The van der Waals surface area contributed by atoms with Crippen LogP contribution >= 0.6 is 12.4 Å². The summed E-state index contributed by atoms with van der Waals surface area (Å²) in [6.45, 7) is 0.440. The summed E-state index contributed by atoms with van der Waals surface area (Å²) in [7, 11) is 1.64. The monoisotopic (exact) mass is 404 g/mol. The minimum Gasteiger partial charge on any atom is -0.497 e. The van der Waals surface area contributed by atoms with Gasteiger partial charge in [0.1, 0.15) is 11.5 Å². The predicted octanol–water partition coefficient (Wildman–Crippen LogP) is 4.27. The largest absolute Gasteiger partial charge is 0.497 e. The van der Waals surface area contributed by atoms with E-state index in [0.29, 0.717) is 19.4 Å². The molecule has 0 saturated heterocycles. The Morgan fingerprint density at radius 2 is 1.89 bits per heavy atom. The van der Waals surface area contributed by atoms with Crippen LogP contribution in [0.15, 0.2) is 42.5 Å². The number of rotatable bonds is 8. The molecule has 1 saturated carbocycles. The number of anilines is 1. The van der Waals surface area contributed by atoms with Crippen LogP contribution in [0.2, 0.25) is 0 Å². The standard InChI is InChI=1S/C22H28N2O3.ClH/c1-26-19-12-10-17(21(14-19)27-18-7-3-4-8-18)15-24-22(25)13-11-16-6-2-5-9-20(16)23;/h2,5-6,9-10,12,14,18H,3-4,7-8,11,13,15,23H2,1H3,(H,24,25);1H. The summed E-state index contributed by atoms with van der Waals surface area (Å²) in [6.07, 6.45) is 5.89. The molecule has 1 aliphatic carbocycles. The van der Waals surface area contributed by atoms with Gasteiger partial charge in [-0.05, 0) is 55.9 Å². The highest BCUT2D eigenvalue weighted by atomic mass is 35.5. The van der Waals surface area contributed by atoms with Crippen LogP contribution in [-0.2, 0) is 17.8 Å². The number of halogens is 1. The van der Waals surface area contributed by atoms with Crippen molar-refractivity contribution in [2.45, 2.75) is 51.2 Å². The highest BCUT2D eigenvalue weighted by Gasteiger charge is 2.18. The highest BCUT2D eigenvalue weighted by Crippen LogP contribution is 2.30. The fraction of sp³-hybridized carbons (Fsp3) is 0.409. The zero-order chi connectivity index (χ0) is 19.1. The molecule has 6 heteroatoms. The van der Waals surface area contributed by atoms with Crippen molar-refractivity contribution in [2.24, 2.45) is 0 Å². The highest BCUT2D eigenvalue weighted by molar-refractivity contribution is 5.85. The SMILES string of the molecule is COc1ccc(CNC(=O)CCc2ccccc2N)c(OC2CCCC2)c1.Cl. The Hall–Kier alpha value is -2.40. The second-order valence-electron chi connectivity index (χ2n) is 6.97. The van der Waals surface area contributed by atoms with Gasteiger partial charge in [0.05, 0.1) is 13.2 Å². The van der Waals surface area contributed by atoms with Crippen molar-refractivity contribution in [1.29, 1.82) is 0 Å². The average molecular weight is 405 g/mol. The van der Waals surface area contributed by atoms with Gasteiger partial charge in [0, 0.05) is 30.3 Å². The number of hydrogen-bond donors (Lipinski definition) is 2. The Kier molecular flexibility index (Phi) is 8.45. The molecule has 3 N–H and O–H groups in total. The van der Waals surface area contributed by atoms with Gasteiger partial charge >= 0.3 is 0 Å². The first-order valence-electron chi connectivity index (χ1n) is 9.59. The van der Waals surface area contributed by atoms with Crippen molar-refractivity contribution in [3.63, 3.8) is 0 Å². The zero-order valence-corrected chi connectivity index (χ0v) is 17.1. The Labute approximate surface area is 173 Å². The van der Waals surface area contributed by atoms with Crippen molar-refractivity contribution in [3.05, 3.63) is 53.6 Å². The molecule has 0 heterocycles. The smallest absolute Gasteiger partial charge is 0.220 e. The Morgan fingerprint density at radius 1 is 1.14 bits per heavy atom. The lowest BCUT2D eigenvalue weighted by Crippen LogP contribution is -2.24. The Balaban J connectivity index is 0.00000280. The molecule has 28 heavy (non-hydrogen) atoms. The van der Waals surface area contributed by atoms with Crippen molar-refractivity contribution in [3.8, 4) is 11.5 Å². The molecule has 1 amide bonds. The van der Waals surface area contributed by atoms with Gasteiger partial charge in [-0.3, -0.25) is 4.79 Å². The third-order valence-electron chi connectivity index (χ3n) is 5.02. The number of hydrogen-bond acceptors (Lipinski definition) is 4. The normalized spacial score (nSPS) is 13.6. The molecule has 0 unspecified atom stereocenters. The van der Waals surface area contributed by atoms with Crippen molar-refractivity contribution < 1.29 is 14.3 Å². The quantitative estimate of drug-likeness (QED) is 0.644. The van der Waals surface area contributed by atoms with E-state index in [2.05, 4.69) is 5.32 Å². The van der Waals surface area contributed by atoms with Crippen LogP contribution in [0.3, 0.4) is 0 Å². The van der Waals surface area contributed by atoms with Crippen LogP contribution in [0.25, 0.3) is 0 Å². The Bertz CT molecular complexity index is 776. The molecule has 1 fully saturated rings. The number of benzene rings is 2. The third kappa shape index (κ3) is 6.06. The first-order chi connectivity index (χ1) is 13.2. The molecule has 2 aromatic rings. The van der Waals surface area contributed by atoms with E-state index in [-0.39, 0.29) is 24.4 Å². The van der Waals surface area contributed by atoms with Gasteiger partial charge in [-0.1, -0.05) is 18.2 Å². The molecule has 5 nitrogen and oxygen atoms in total. The van der Waals surface area contributed by atoms with E-state index in [4.69, 9.17) is 15.2 Å². The molecular formula is C22H29ClN2O3. The molecule has 2 aromatic carbocycles. The van der Waals surface area contributed by atoms with E-state index in [1.165, 1.54) is 12.8 Å². The summed E-state index contributed by atoms with van der Waals surface area (Å²) >= 11 is 0. The maximum absolute atomic E-state index is 12.3. The van der Waals surface area contributed by atoms with Gasteiger partial charge < -0.3 is 20.5 Å². The summed E-state index contributed by atoms with van der Waals surface area (Å²) in [5.74, 6) is 1.56. The van der Waals surface area contributed by atoms with E-state index >= 15 is 0 Å². The second-order valence-corrected chi connectivity index (χ2v) is 6.97. The summed E-state index contributed by atoms with van der Waals surface area (Å²) in [5.41, 5.74) is 8.64. The van der Waals surface area contributed by atoms with E-state index < -0.39 is 0 Å². The molecule has 0 radical (unpaired) electrons. The maximum Gasteiger partial charge on any atom is 0.220 e. The molecule has 3 rings (SSSR count). The van der Waals surface area contributed by atoms with Crippen LogP contribution in [0, 0.1) is 0 Å². The van der Waals surface area contributed by atoms with Crippen LogP contribution < -0.4 is 20.5 Å². The average Bonchev–Trinajstić information content (AvgIpc) is 3.19. The van der Waals surface area contributed by atoms with Gasteiger partial charge in [0.2, 0.25) is 5.91 Å². The number of ether oxygens (including phenoxy) is 2. The van der Waals surface area contributed by atoms with E-state index in [0.717, 1.165) is 41.2 Å². The van der Waals surface area contributed by atoms with Gasteiger partial charge in [-0.15, -0.1) is 12.4 Å². The lowest BCUT2D eigenvalue weighted by Gasteiger charge is -2.18. The minimum absolute atomic E-state index is 0. The van der Waals surface area contributed by atoms with Crippen LogP contribution in [0.4, 0.5) is 5.69 Å². The van der Waals surface area contributed by atoms with Crippen molar-refractivity contribution >= 4 is 24.0 Å². The number of nitrogens with two attached hydrogens (primary N) is 1. The number of aryl methyl sites for hydroxylation is 1. The molecule has 0 aromatic heterocycles. The molecule has 0 aliphatic heterocycles. The lowest BCUT2D eigenvalue weighted by molar-refractivity contribution is -0.121. The van der Waals surface area contributed by atoms with Crippen LogP contribution in [0.5, 0.6) is 11.5 Å². The number of carbonyl (C=O) groups excluding carboxylic acids is 1. The van der Waals surface area contributed by atoms with E-state index in [1.807, 2.05) is 42.5 Å². The number of nitrogens with one attached hydrogen (secondary N) is 1. The fourth-order valence-corrected chi connectivity index (χ4v) is 3.40. The molecule has 0 spiro atoms. The summed E-state index contributed by atoms with van der Waals surface area (Å²) in [4.78, 5) is 12.3. The third-order valence-corrected chi connectivity index (χ3v) is 5.02. The van der Waals surface area contributed by atoms with Gasteiger partial charge in [-0.2, -0.15) is 0 Å². The van der Waals surface area contributed by atoms with Gasteiger partial charge in [-0.25, -0.2) is 0 Å². The molecule has 152 valence electrons. The van der Waals surface area contributed by atoms with E-state index in [1.54, 1.807) is 7.11 Å². The topological polar surface area (TPSA) is 73.6 Å². The number of methoxy groups -OCH3 is 1.